The highest BCUT2D eigenvalue weighted by atomic mass is 16.5. The van der Waals surface area contributed by atoms with Gasteiger partial charge < -0.3 is 14.8 Å². The monoisotopic (exact) mass is 355 g/mol. The van der Waals surface area contributed by atoms with Gasteiger partial charge in [-0.2, -0.15) is 0 Å². The van der Waals surface area contributed by atoms with Gasteiger partial charge in [-0.25, -0.2) is 0 Å². The molecule has 0 amide bonds. The number of unbranched alkanes of at least 4 members (excludes halogenated alkanes) is 4. The Morgan fingerprint density at radius 1 is 0.808 bits per heavy atom. The maximum atomic E-state index is 5.81. The van der Waals surface area contributed by atoms with E-state index in [0.29, 0.717) is 0 Å². The lowest BCUT2D eigenvalue weighted by molar-refractivity contribution is 0.242. The van der Waals surface area contributed by atoms with Crippen LogP contribution in [0.2, 0.25) is 0 Å². The van der Waals surface area contributed by atoms with Crippen molar-refractivity contribution in [3.05, 3.63) is 54.1 Å². The molecule has 0 aliphatic carbocycles. The van der Waals surface area contributed by atoms with Crippen molar-refractivity contribution >= 4 is 5.69 Å². The van der Waals surface area contributed by atoms with Gasteiger partial charge in [0.15, 0.2) is 0 Å². The molecule has 0 bridgehead atoms. The summed E-state index contributed by atoms with van der Waals surface area (Å²) in [5.74, 6) is 1.86. The molecule has 0 heterocycles. The molecule has 0 saturated heterocycles. The molecule has 2 rings (SSSR count). The molecule has 0 aliphatic heterocycles. The van der Waals surface area contributed by atoms with Crippen molar-refractivity contribution in [1.29, 1.82) is 0 Å². The van der Waals surface area contributed by atoms with E-state index < -0.39 is 0 Å². The van der Waals surface area contributed by atoms with Crippen LogP contribution in [0.25, 0.3) is 0 Å². The molecule has 0 atom stereocenters. The smallest absolute Gasteiger partial charge is 0.119 e. The van der Waals surface area contributed by atoms with Crippen molar-refractivity contribution < 1.29 is 9.47 Å². The molecular formula is C23H33NO2. The van der Waals surface area contributed by atoms with E-state index in [1.54, 1.807) is 0 Å². The third-order valence-corrected chi connectivity index (χ3v) is 4.16. The van der Waals surface area contributed by atoms with E-state index in [9.17, 15) is 0 Å². The third-order valence-electron chi connectivity index (χ3n) is 4.16. The predicted octanol–water partition coefficient (Wildman–Crippen LogP) is 6.44. The first-order chi connectivity index (χ1) is 12.7. The zero-order valence-corrected chi connectivity index (χ0v) is 16.5. The Kier molecular flexibility index (Phi) is 8.88. The SMILES string of the molecule is CCCCCCCOc1ccc(NCc2ccc(OC(C)C)cc2)cc1. The van der Waals surface area contributed by atoms with Crippen LogP contribution in [0.5, 0.6) is 11.5 Å². The molecule has 26 heavy (non-hydrogen) atoms. The molecule has 2 aromatic carbocycles. The average Bonchev–Trinajstić information content (AvgIpc) is 2.64. The lowest BCUT2D eigenvalue weighted by atomic mass is 10.2. The van der Waals surface area contributed by atoms with Gasteiger partial charge in [0.25, 0.3) is 0 Å². The van der Waals surface area contributed by atoms with Gasteiger partial charge >= 0.3 is 0 Å². The van der Waals surface area contributed by atoms with Gasteiger partial charge in [-0.15, -0.1) is 0 Å². The summed E-state index contributed by atoms with van der Waals surface area (Å²) in [6, 6.07) is 16.5. The van der Waals surface area contributed by atoms with Crippen molar-refractivity contribution in [1.82, 2.24) is 0 Å². The van der Waals surface area contributed by atoms with Gasteiger partial charge in [0.2, 0.25) is 0 Å². The van der Waals surface area contributed by atoms with Crippen molar-refractivity contribution in [2.24, 2.45) is 0 Å². The van der Waals surface area contributed by atoms with Crippen molar-refractivity contribution in [2.75, 3.05) is 11.9 Å². The average molecular weight is 356 g/mol. The number of nitrogens with one attached hydrogen (secondary N) is 1. The highest BCUT2D eigenvalue weighted by molar-refractivity contribution is 5.47. The first kappa shape index (κ1) is 20.2. The Labute approximate surface area is 158 Å². The second-order valence-electron chi connectivity index (χ2n) is 6.95. The molecule has 0 unspecified atom stereocenters. The number of rotatable bonds is 12. The van der Waals surface area contributed by atoms with E-state index in [1.807, 2.05) is 38.1 Å². The lowest BCUT2D eigenvalue weighted by Gasteiger charge is -2.11. The van der Waals surface area contributed by atoms with Crippen LogP contribution in [0.3, 0.4) is 0 Å². The van der Waals surface area contributed by atoms with Crippen molar-refractivity contribution in [2.45, 2.75) is 65.5 Å². The molecule has 0 saturated carbocycles. The molecule has 0 fully saturated rings. The van der Waals surface area contributed by atoms with E-state index >= 15 is 0 Å². The van der Waals surface area contributed by atoms with Crippen LogP contribution < -0.4 is 14.8 Å². The van der Waals surface area contributed by atoms with Gasteiger partial charge in [-0.1, -0.05) is 44.7 Å². The third kappa shape index (κ3) is 7.81. The van der Waals surface area contributed by atoms with Crippen LogP contribution in [0, 0.1) is 0 Å². The first-order valence-corrected chi connectivity index (χ1v) is 9.89. The maximum Gasteiger partial charge on any atom is 0.119 e. The standard InChI is InChI=1S/C23H33NO2/c1-4-5-6-7-8-17-25-22-15-11-21(12-16-22)24-18-20-9-13-23(14-10-20)26-19(2)3/h9-16,19,24H,4-8,17-18H2,1-3H3. The van der Waals surface area contributed by atoms with Crippen LogP contribution in [-0.2, 0) is 6.54 Å². The van der Waals surface area contributed by atoms with Crippen LogP contribution in [0.15, 0.2) is 48.5 Å². The second kappa shape index (κ2) is 11.5. The molecule has 3 nitrogen and oxygen atoms in total. The van der Waals surface area contributed by atoms with Gasteiger partial charge in [0.05, 0.1) is 12.7 Å². The molecule has 3 heteroatoms. The van der Waals surface area contributed by atoms with Gasteiger partial charge in [0, 0.05) is 12.2 Å². The zero-order valence-electron chi connectivity index (χ0n) is 16.5. The van der Waals surface area contributed by atoms with Gasteiger partial charge in [0.1, 0.15) is 11.5 Å². The summed E-state index contributed by atoms with van der Waals surface area (Å²) in [7, 11) is 0. The molecular weight excluding hydrogens is 322 g/mol. The van der Waals surface area contributed by atoms with Crippen molar-refractivity contribution in [3.8, 4) is 11.5 Å². The largest absolute Gasteiger partial charge is 0.494 e. The van der Waals surface area contributed by atoms with Crippen molar-refractivity contribution in [3.63, 3.8) is 0 Å². The Morgan fingerprint density at radius 2 is 1.46 bits per heavy atom. The van der Waals surface area contributed by atoms with E-state index in [1.165, 1.54) is 31.2 Å². The number of ether oxygens (including phenoxy) is 2. The summed E-state index contributed by atoms with van der Waals surface area (Å²) in [4.78, 5) is 0. The fourth-order valence-corrected chi connectivity index (χ4v) is 2.73. The van der Waals surface area contributed by atoms with Crippen LogP contribution in [-0.4, -0.2) is 12.7 Å². The number of hydrogen-bond acceptors (Lipinski definition) is 3. The van der Waals surface area contributed by atoms with Crippen LogP contribution in [0.4, 0.5) is 5.69 Å². The normalized spacial score (nSPS) is 10.8. The Balaban J connectivity index is 1.70. The number of hydrogen-bond donors (Lipinski definition) is 1. The molecule has 1 N–H and O–H groups in total. The highest BCUT2D eigenvalue weighted by Crippen LogP contribution is 2.18. The summed E-state index contributed by atoms with van der Waals surface area (Å²) >= 11 is 0. The Morgan fingerprint density at radius 3 is 2.12 bits per heavy atom. The predicted molar refractivity (Wildman–Crippen MR) is 110 cm³/mol. The lowest BCUT2D eigenvalue weighted by Crippen LogP contribution is -2.05. The molecule has 142 valence electrons. The Bertz CT molecular complexity index is 605. The molecule has 0 radical (unpaired) electrons. The summed E-state index contributed by atoms with van der Waals surface area (Å²) in [6.07, 6.45) is 6.52. The summed E-state index contributed by atoms with van der Waals surface area (Å²) in [5, 5.41) is 3.44. The fraction of sp³-hybridized carbons (Fsp3) is 0.478. The molecule has 0 aromatic heterocycles. The van der Waals surface area contributed by atoms with E-state index in [4.69, 9.17) is 9.47 Å². The first-order valence-electron chi connectivity index (χ1n) is 9.89. The minimum absolute atomic E-state index is 0.205. The highest BCUT2D eigenvalue weighted by Gasteiger charge is 2.00. The molecule has 0 aliphatic rings. The van der Waals surface area contributed by atoms with Crippen LogP contribution in [0.1, 0.15) is 58.4 Å². The molecule has 2 aromatic rings. The zero-order chi connectivity index (χ0) is 18.6. The topological polar surface area (TPSA) is 30.5 Å². The van der Waals surface area contributed by atoms with E-state index in [2.05, 4.69) is 36.5 Å². The second-order valence-corrected chi connectivity index (χ2v) is 6.95. The van der Waals surface area contributed by atoms with E-state index in [0.717, 1.165) is 36.8 Å². The quantitative estimate of drug-likeness (QED) is 0.445. The number of anilines is 1. The number of benzene rings is 2. The minimum Gasteiger partial charge on any atom is -0.494 e. The van der Waals surface area contributed by atoms with Crippen LogP contribution >= 0.6 is 0 Å². The van der Waals surface area contributed by atoms with E-state index in [-0.39, 0.29) is 6.10 Å². The minimum atomic E-state index is 0.205. The summed E-state index contributed by atoms with van der Waals surface area (Å²) < 4.78 is 11.5. The summed E-state index contributed by atoms with van der Waals surface area (Å²) in [6.45, 7) is 7.91. The summed E-state index contributed by atoms with van der Waals surface area (Å²) in [5.41, 5.74) is 2.33. The van der Waals surface area contributed by atoms with Gasteiger partial charge in [-0.3, -0.25) is 0 Å². The molecule has 0 spiro atoms. The maximum absolute atomic E-state index is 5.81. The fourth-order valence-electron chi connectivity index (χ4n) is 2.73. The van der Waals surface area contributed by atoms with Gasteiger partial charge in [-0.05, 0) is 62.2 Å². The Hall–Kier alpha value is -2.16.